The minimum absolute atomic E-state index is 0.150. The Labute approximate surface area is 193 Å². The number of halogens is 3. The number of allylic oxidation sites excluding steroid dienone is 1. The highest BCUT2D eigenvalue weighted by atomic mass is 32.2. The summed E-state index contributed by atoms with van der Waals surface area (Å²) in [4.78, 5) is 13.5. The maximum atomic E-state index is 13.5. The van der Waals surface area contributed by atoms with Crippen LogP contribution in [0.4, 0.5) is 13.2 Å². The van der Waals surface area contributed by atoms with Crippen LogP contribution in [-0.4, -0.2) is 33.9 Å². The molecule has 0 N–H and O–H groups in total. The average molecular weight is 496 g/mol. The molecule has 0 unspecified atom stereocenters. The fraction of sp³-hybridized carbons (Fsp3) is 0.174. The number of fused-ring (bicyclic) bond motifs is 1. The summed E-state index contributed by atoms with van der Waals surface area (Å²) in [6.07, 6.45) is 2.63. The van der Waals surface area contributed by atoms with Crippen LogP contribution in [0.25, 0.3) is 22.4 Å². The molecule has 2 aromatic carbocycles. The van der Waals surface area contributed by atoms with Crippen molar-refractivity contribution in [2.24, 2.45) is 0 Å². The molecule has 11 heteroatoms. The number of furan rings is 1. The molecular formula is C23H19F3O7S. The van der Waals surface area contributed by atoms with Gasteiger partial charge in [-0.3, -0.25) is 4.79 Å². The molecule has 7 nitrogen and oxygen atoms in total. The lowest BCUT2D eigenvalue weighted by atomic mass is 9.96. The molecule has 0 aliphatic carbocycles. The predicted octanol–water partition coefficient (Wildman–Crippen LogP) is 5.59. The summed E-state index contributed by atoms with van der Waals surface area (Å²) in [5, 5.41) is 0.409. The Morgan fingerprint density at radius 1 is 1.06 bits per heavy atom. The molecule has 180 valence electrons. The first-order valence-electron chi connectivity index (χ1n) is 9.50. The number of hydrogen-bond acceptors (Lipinski definition) is 7. The first kappa shape index (κ1) is 24.9. The van der Waals surface area contributed by atoms with E-state index in [1.165, 1.54) is 38.7 Å². The number of alkyl halides is 3. The van der Waals surface area contributed by atoms with Gasteiger partial charge in [-0.1, -0.05) is 19.2 Å². The van der Waals surface area contributed by atoms with Gasteiger partial charge in [0.1, 0.15) is 11.5 Å². The van der Waals surface area contributed by atoms with Gasteiger partial charge in [0, 0.05) is 21.9 Å². The molecule has 0 atom stereocenters. The van der Waals surface area contributed by atoms with E-state index in [-0.39, 0.29) is 33.6 Å². The molecule has 1 aromatic heterocycles. The maximum absolute atomic E-state index is 13.5. The van der Waals surface area contributed by atoms with Crippen LogP contribution in [0.1, 0.15) is 34.2 Å². The highest BCUT2D eigenvalue weighted by Crippen LogP contribution is 2.40. The minimum atomic E-state index is -6.11. The van der Waals surface area contributed by atoms with Gasteiger partial charge in [0.25, 0.3) is 0 Å². The van der Waals surface area contributed by atoms with E-state index in [4.69, 9.17) is 13.9 Å². The largest absolute Gasteiger partial charge is 0.534 e. The SMILES string of the molecule is C=Cc1coc(C(=O)c2cc3c(OC)ccc(OC)c3cc2OS(=O)(=O)C(F)(F)F)c1C(=C)C. The summed E-state index contributed by atoms with van der Waals surface area (Å²) >= 11 is 0. The smallest absolute Gasteiger partial charge is 0.496 e. The number of rotatable bonds is 8. The summed E-state index contributed by atoms with van der Waals surface area (Å²) in [6, 6.07) is 5.10. The highest BCUT2D eigenvalue weighted by molar-refractivity contribution is 7.88. The Hall–Kier alpha value is -3.73. The number of benzene rings is 2. The molecule has 0 bridgehead atoms. The zero-order chi connectivity index (χ0) is 25.4. The molecule has 0 aliphatic heterocycles. The van der Waals surface area contributed by atoms with Gasteiger partial charge in [-0.25, -0.2) is 0 Å². The number of hydrogen-bond donors (Lipinski definition) is 0. The van der Waals surface area contributed by atoms with Crippen LogP contribution in [0.15, 0.2) is 48.1 Å². The zero-order valence-corrected chi connectivity index (χ0v) is 19.1. The van der Waals surface area contributed by atoms with Crippen molar-refractivity contribution in [1.82, 2.24) is 0 Å². The van der Waals surface area contributed by atoms with Crippen LogP contribution in [0.2, 0.25) is 0 Å². The van der Waals surface area contributed by atoms with Gasteiger partial charge in [0.05, 0.1) is 26.0 Å². The van der Waals surface area contributed by atoms with Crippen molar-refractivity contribution in [3.8, 4) is 17.2 Å². The summed E-state index contributed by atoms with van der Waals surface area (Å²) < 4.78 is 83.2. The second kappa shape index (κ2) is 8.90. The third kappa shape index (κ3) is 4.26. The van der Waals surface area contributed by atoms with Crippen LogP contribution in [0, 0.1) is 0 Å². The lowest BCUT2D eigenvalue weighted by molar-refractivity contribution is -0.0500. The normalized spacial score (nSPS) is 11.8. The van der Waals surface area contributed by atoms with Gasteiger partial charge in [0.15, 0.2) is 11.5 Å². The first-order chi connectivity index (χ1) is 15.9. The van der Waals surface area contributed by atoms with E-state index in [0.717, 1.165) is 12.1 Å². The van der Waals surface area contributed by atoms with Crippen LogP contribution in [0.3, 0.4) is 0 Å². The standard InChI is InChI=1S/C23H19F3O7S/c1-6-13-11-32-22(20(13)12(2)3)21(27)16-9-14-15(18(31-5)8-7-17(14)30-4)10-19(16)33-34(28,29)23(24,25)26/h6-11H,1-2H2,3-5H3. The van der Waals surface area contributed by atoms with Crippen molar-refractivity contribution in [2.45, 2.75) is 12.4 Å². The summed E-state index contributed by atoms with van der Waals surface area (Å²) in [6.45, 7) is 9.00. The fourth-order valence-electron chi connectivity index (χ4n) is 3.34. The number of ether oxygens (including phenoxy) is 2. The Kier molecular flexibility index (Phi) is 6.52. The molecule has 0 amide bonds. The molecule has 3 aromatic rings. The lowest BCUT2D eigenvalue weighted by Crippen LogP contribution is -2.28. The molecule has 0 spiro atoms. The molecular weight excluding hydrogens is 477 g/mol. The van der Waals surface area contributed by atoms with Gasteiger partial charge in [-0.2, -0.15) is 21.6 Å². The van der Waals surface area contributed by atoms with Crippen molar-refractivity contribution in [2.75, 3.05) is 14.2 Å². The number of ketones is 1. The van der Waals surface area contributed by atoms with Gasteiger partial charge in [-0.05, 0) is 36.8 Å². The summed E-state index contributed by atoms with van der Waals surface area (Å²) in [5.74, 6) is -1.66. The van der Waals surface area contributed by atoms with Crippen LogP contribution in [0.5, 0.6) is 17.2 Å². The fourth-order valence-corrected chi connectivity index (χ4v) is 3.81. The van der Waals surface area contributed by atoms with E-state index < -0.39 is 32.7 Å². The van der Waals surface area contributed by atoms with Gasteiger partial charge >= 0.3 is 15.6 Å². The quantitative estimate of drug-likeness (QED) is 0.228. The van der Waals surface area contributed by atoms with E-state index in [1.54, 1.807) is 6.92 Å². The Morgan fingerprint density at radius 3 is 2.09 bits per heavy atom. The van der Waals surface area contributed by atoms with Gasteiger partial charge < -0.3 is 18.1 Å². The number of carbonyl (C=O) groups excluding carboxylic acids is 1. The Balaban J connectivity index is 2.37. The molecule has 0 fully saturated rings. The number of carbonyl (C=O) groups is 1. The summed E-state index contributed by atoms with van der Waals surface area (Å²) in [5.41, 5.74) is -5.15. The monoisotopic (exact) mass is 496 g/mol. The second-order valence-corrected chi connectivity index (χ2v) is 8.59. The Morgan fingerprint density at radius 2 is 1.62 bits per heavy atom. The molecule has 0 aliphatic rings. The van der Waals surface area contributed by atoms with Crippen molar-refractivity contribution in [3.05, 3.63) is 66.1 Å². The lowest BCUT2D eigenvalue weighted by Gasteiger charge is -2.16. The highest BCUT2D eigenvalue weighted by Gasteiger charge is 2.49. The molecule has 3 rings (SSSR count). The van der Waals surface area contributed by atoms with E-state index >= 15 is 0 Å². The van der Waals surface area contributed by atoms with Crippen LogP contribution in [-0.2, 0) is 10.1 Å². The maximum Gasteiger partial charge on any atom is 0.534 e. The van der Waals surface area contributed by atoms with Crippen molar-refractivity contribution < 1.29 is 44.5 Å². The van der Waals surface area contributed by atoms with E-state index in [2.05, 4.69) is 17.3 Å². The van der Waals surface area contributed by atoms with Crippen LogP contribution < -0.4 is 13.7 Å². The molecule has 1 heterocycles. The third-order valence-corrected chi connectivity index (χ3v) is 5.84. The minimum Gasteiger partial charge on any atom is -0.496 e. The van der Waals surface area contributed by atoms with E-state index in [0.29, 0.717) is 11.1 Å². The predicted molar refractivity (Wildman–Crippen MR) is 120 cm³/mol. The Bertz CT molecular complexity index is 1420. The number of methoxy groups -OCH3 is 2. The van der Waals surface area contributed by atoms with Crippen molar-refractivity contribution in [3.63, 3.8) is 0 Å². The zero-order valence-electron chi connectivity index (χ0n) is 18.3. The molecule has 0 saturated carbocycles. The average Bonchev–Trinajstić information content (AvgIpc) is 3.21. The van der Waals surface area contributed by atoms with Gasteiger partial charge in [-0.15, -0.1) is 0 Å². The van der Waals surface area contributed by atoms with Crippen molar-refractivity contribution in [1.29, 1.82) is 0 Å². The second-order valence-electron chi connectivity index (χ2n) is 7.06. The first-order valence-corrected chi connectivity index (χ1v) is 10.9. The summed E-state index contributed by atoms with van der Waals surface area (Å²) in [7, 11) is -3.45. The molecule has 0 radical (unpaired) electrons. The molecule has 0 saturated heterocycles. The van der Waals surface area contributed by atoms with Crippen molar-refractivity contribution >= 4 is 38.3 Å². The topological polar surface area (TPSA) is 92.0 Å². The van der Waals surface area contributed by atoms with E-state index in [1.807, 2.05) is 0 Å². The molecule has 34 heavy (non-hydrogen) atoms. The van der Waals surface area contributed by atoms with Gasteiger partial charge in [0.2, 0.25) is 5.78 Å². The third-order valence-electron chi connectivity index (χ3n) is 4.88. The van der Waals surface area contributed by atoms with E-state index in [9.17, 15) is 26.4 Å². The van der Waals surface area contributed by atoms with Crippen LogP contribution >= 0.6 is 0 Å².